The molecule has 0 rings (SSSR count). The molecule has 0 aliphatic carbocycles. The third-order valence-electron chi connectivity index (χ3n) is 4.94. The molecule has 38 heavy (non-hydrogen) atoms. The quantitative estimate of drug-likeness (QED) is 0.0725. The molecule has 1 N–H and O–H groups in total. The van der Waals surface area contributed by atoms with Gasteiger partial charge in [-0.15, -0.1) is 0 Å². The van der Waals surface area contributed by atoms with Crippen molar-refractivity contribution in [2.75, 3.05) is 45.3 Å². The Hall–Kier alpha value is -1.12. The Balaban J connectivity index is 3.97. The highest BCUT2D eigenvalue weighted by atomic mass is 32.2. The lowest BCUT2D eigenvalue weighted by Gasteiger charge is -2.28. The second-order valence-corrected chi connectivity index (χ2v) is 14.1. The zero-order chi connectivity index (χ0) is 28.7. The van der Waals surface area contributed by atoms with E-state index in [1.807, 2.05) is 27.7 Å². The van der Waals surface area contributed by atoms with Crippen LogP contribution in [0.25, 0.3) is 0 Å². The van der Waals surface area contributed by atoms with E-state index in [9.17, 15) is 19.2 Å². The number of unbranched alkanes of at least 4 members (excludes halogenated alkanes) is 1. The van der Waals surface area contributed by atoms with E-state index in [-0.39, 0.29) is 47.3 Å². The number of thioether (sulfide) groups is 2. The molecule has 0 aliphatic rings. The summed E-state index contributed by atoms with van der Waals surface area (Å²) in [4.78, 5) is 46.4. The van der Waals surface area contributed by atoms with Gasteiger partial charge in [-0.05, 0) is 40.0 Å². The first-order chi connectivity index (χ1) is 18.2. The van der Waals surface area contributed by atoms with Crippen LogP contribution in [0.1, 0.15) is 73.1 Å². The van der Waals surface area contributed by atoms with Crippen molar-refractivity contribution in [3.8, 4) is 0 Å². The largest absolute Gasteiger partial charge is 0.500 e. The normalized spacial score (nSPS) is 13.0. The first kappa shape index (κ1) is 36.9. The van der Waals surface area contributed by atoms with Crippen molar-refractivity contribution in [2.45, 2.75) is 89.7 Å². The zero-order valence-electron chi connectivity index (χ0n) is 23.6. The van der Waals surface area contributed by atoms with Crippen molar-refractivity contribution in [3.63, 3.8) is 0 Å². The summed E-state index contributed by atoms with van der Waals surface area (Å²) < 4.78 is 27.9. The molecule has 0 spiro atoms. The van der Waals surface area contributed by atoms with Crippen LogP contribution in [-0.4, -0.2) is 88.1 Å². The molecule has 0 aromatic carbocycles. The molecule has 0 aromatic heterocycles. The predicted molar refractivity (Wildman–Crippen MR) is 153 cm³/mol. The molecular weight excluding hydrogens is 550 g/mol. The average molecular weight is 598 g/mol. The zero-order valence-corrected chi connectivity index (χ0v) is 26.3. The summed E-state index contributed by atoms with van der Waals surface area (Å²) in [7, 11) is -2.72. The maximum absolute atomic E-state index is 12.2. The molecule has 0 saturated carbocycles. The van der Waals surface area contributed by atoms with Gasteiger partial charge in [-0.3, -0.25) is 14.4 Å². The van der Waals surface area contributed by atoms with Crippen molar-refractivity contribution in [3.05, 3.63) is 0 Å². The second kappa shape index (κ2) is 23.7. The van der Waals surface area contributed by atoms with Gasteiger partial charge in [0.25, 0.3) is 5.24 Å². The summed E-state index contributed by atoms with van der Waals surface area (Å²) in [6.07, 6.45) is 3.63. The van der Waals surface area contributed by atoms with Gasteiger partial charge in [0, 0.05) is 55.1 Å². The first-order valence-electron chi connectivity index (χ1n) is 13.4. The Morgan fingerprint density at radius 2 is 1.37 bits per heavy atom. The fourth-order valence-electron chi connectivity index (χ4n) is 3.30. The van der Waals surface area contributed by atoms with Crippen LogP contribution in [0.4, 0.5) is 4.79 Å². The number of ether oxygens (including phenoxy) is 2. The summed E-state index contributed by atoms with van der Waals surface area (Å²) in [5, 5.41) is 2.54. The van der Waals surface area contributed by atoms with E-state index >= 15 is 0 Å². The van der Waals surface area contributed by atoms with Crippen LogP contribution in [0.2, 0.25) is 6.04 Å². The molecule has 2 unspecified atom stereocenters. The summed E-state index contributed by atoms with van der Waals surface area (Å²) >= 11 is 2.64. The van der Waals surface area contributed by atoms with Gasteiger partial charge in [0.15, 0.2) is 0 Å². The second-order valence-electron chi connectivity index (χ2n) is 8.42. The standard InChI is InChI=1S/C25H47NO9S2Si/c1-6-33-38(34-7-2,35-8-3)18-11-13-26-25(30)37-22(5)20-24(29)32-16-10-9-15-31-23(28)19-21(4)36-17-12-14-27/h14,21-22H,6-13,15-20H2,1-5H3,(H,26,30). The smallest absolute Gasteiger partial charge is 0.466 e. The summed E-state index contributed by atoms with van der Waals surface area (Å²) in [5.74, 6) is 0.0691. The molecule has 2 atom stereocenters. The van der Waals surface area contributed by atoms with Crippen molar-refractivity contribution in [1.29, 1.82) is 0 Å². The maximum atomic E-state index is 12.2. The Labute approximate surface area is 237 Å². The van der Waals surface area contributed by atoms with Crippen LogP contribution in [-0.2, 0) is 37.1 Å². The summed E-state index contributed by atoms with van der Waals surface area (Å²) in [6.45, 7) is 12.0. The molecule has 0 heterocycles. The molecule has 0 saturated heterocycles. The van der Waals surface area contributed by atoms with E-state index in [4.69, 9.17) is 22.8 Å². The first-order valence-corrected chi connectivity index (χ1v) is 17.3. The fraction of sp³-hybridized carbons (Fsp3) is 0.840. The monoisotopic (exact) mass is 597 g/mol. The lowest BCUT2D eigenvalue weighted by molar-refractivity contribution is -0.146. The highest BCUT2D eigenvalue weighted by Crippen LogP contribution is 2.19. The molecule has 1 amide bonds. The Morgan fingerprint density at radius 3 is 1.87 bits per heavy atom. The number of esters is 2. The number of rotatable bonds is 24. The molecule has 13 heteroatoms. The lowest BCUT2D eigenvalue weighted by atomic mass is 10.3. The number of carbonyl (C=O) groups is 4. The van der Waals surface area contributed by atoms with Crippen molar-refractivity contribution < 1.29 is 41.9 Å². The Morgan fingerprint density at radius 1 is 0.842 bits per heavy atom. The molecule has 0 bridgehead atoms. The summed E-state index contributed by atoms with van der Waals surface area (Å²) in [6, 6.07) is 0.620. The van der Waals surface area contributed by atoms with Crippen LogP contribution in [0, 0.1) is 0 Å². The lowest BCUT2D eigenvalue weighted by Crippen LogP contribution is -2.46. The van der Waals surface area contributed by atoms with Gasteiger partial charge < -0.3 is 32.9 Å². The van der Waals surface area contributed by atoms with Crippen LogP contribution >= 0.6 is 23.5 Å². The van der Waals surface area contributed by atoms with Gasteiger partial charge >= 0.3 is 20.7 Å². The highest BCUT2D eigenvalue weighted by Gasteiger charge is 2.39. The van der Waals surface area contributed by atoms with Gasteiger partial charge in [-0.1, -0.05) is 25.6 Å². The fourth-order valence-corrected chi connectivity index (χ4v) is 7.57. The minimum absolute atomic E-state index is 0.104. The van der Waals surface area contributed by atoms with E-state index in [1.165, 1.54) is 0 Å². The number of amides is 1. The highest BCUT2D eigenvalue weighted by molar-refractivity contribution is 8.14. The van der Waals surface area contributed by atoms with E-state index in [1.54, 1.807) is 18.7 Å². The minimum atomic E-state index is -2.72. The number of carbonyl (C=O) groups excluding carboxylic acids is 4. The number of hydrogen-bond donors (Lipinski definition) is 1. The van der Waals surface area contributed by atoms with E-state index in [0.717, 1.165) is 18.0 Å². The minimum Gasteiger partial charge on any atom is -0.466 e. The SMILES string of the molecule is CCO[Si](CCCNC(=O)SC(C)CC(=O)OCCCCOC(=O)CC(C)SCCC=O)(OCC)OCC. The average Bonchev–Trinajstić information content (AvgIpc) is 2.84. The third kappa shape index (κ3) is 19.9. The van der Waals surface area contributed by atoms with Crippen LogP contribution < -0.4 is 5.32 Å². The van der Waals surface area contributed by atoms with Crippen molar-refractivity contribution in [2.24, 2.45) is 0 Å². The van der Waals surface area contributed by atoms with E-state index < -0.39 is 8.80 Å². The van der Waals surface area contributed by atoms with Gasteiger partial charge in [0.2, 0.25) is 0 Å². The number of aldehydes is 1. The number of nitrogens with one attached hydrogen (secondary N) is 1. The molecule has 222 valence electrons. The topological polar surface area (TPSA) is 126 Å². The van der Waals surface area contributed by atoms with Gasteiger partial charge in [-0.2, -0.15) is 11.8 Å². The van der Waals surface area contributed by atoms with Crippen LogP contribution in [0.3, 0.4) is 0 Å². The molecule has 0 aliphatic heterocycles. The molecular formula is C25H47NO9S2Si. The van der Waals surface area contributed by atoms with E-state index in [2.05, 4.69) is 5.32 Å². The molecule has 10 nitrogen and oxygen atoms in total. The van der Waals surface area contributed by atoms with Gasteiger partial charge in [-0.25, -0.2) is 0 Å². The van der Waals surface area contributed by atoms with Crippen LogP contribution in [0.15, 0.2) is 0 Å². The summed E-state index contributed by atoms with van der Waals surface area (Å²) in [5.41, 5.74) is 0. The third-order valence-corrected chi connectivity index (χ3v) is 10.2. The molecule has 0 radical (unpaired) electrons. The molecule has 0 aromatic rings. The predicted octanol–water partition coefficient (Wildman–Crippen LogP) is 4.61. The Bertz CT molecular complexity index is 656. The van der Waals surface area contributed by atoms with Crippen LogP contribution in [0.5, 0.6) is 0 Å². The van der Waals surface area contributed by atoms with Gasteiger partial charge in [0.1, 0.15) is 6.29 Å². The van der Waals surface area contributed by atoms with Crippen molar-refractivity contribution in [1.82, 2.24) is 5.32 Å². The van der Waals surface area contributed by atoms with Crippen molar-refractivity contribution >= 4 is 55.8 Å². The molecule has 0 fully saturated rings. The maximum Gasteiger partial charge on any atom is 0.500 e. The van der Waals surface area contributed by atoms with Gasteiger partial charge in [0.05, 0.1) is 26.1 Å². The Kier molecular flexibility index (Phi) is 23.0. The van der Waals surface area contributed by atoms with E-state index in [0.29, 0.717) is 70.3 Å². The number of hydrogen-bond acceptors (Lipinski definition) is 11.